The fourth-order valence-electron chi connectivity index (χ4n) is 3.01. The van der Waals surface area contributed by atoms with Gasteiger partial charge in [-0.25, -0.2) is 4.98 Å². The third-order valence-corrected chi connectivity index (χ3v) is 4.68. The fraction of sp³-hybridized carbons (Fsp3) is 0.0870. The summed E-state index contributed by atoms with van der Waals surface area (Å²) in [7, 11) is 0. The molecule has 0 aliphatic carbocycles. The van der Waals surface area contributed by atoms with Crippen molar-refractivity contribution >= 4 is 11.6 Å². The van der Waals surface area contributed by atoms with E-state index in [-0.39, 0.29) is 6.10 Å². The number of ether oxygens (including phenoxy) is 1. The summed E-state index contributed by atoms with van der Waals surface area (Å²) >= 11 is 5.98. The third-order valence-electron chi connectivity index (χ3n) is 4.43. The lowest BCUT2D eigenvalue weighted by Gasteiger charge is -2.19. The molecule has 0 aliphatic heterocycles. The number of benzene rings is 3. The van der Waals surface area contributed by atoms with Crippen molar-refractivity contribution in [3.63, 3.8) is 0 Å². The van der Waals surface area contributed by atoms with Gasteiger partial charge in [0.1, 0.15) is 6.10 Å². The summed E-state index contributed by atoms with van der Waals surface area (Å²) in [6.07, 6.45) is 5.36. The Morgan fingerprint density at radius 2 is 1.56 bits per heavy atom. The molecule has 1 unspecified atom stereocenters. The summed E-state index contributed by atoms with van der Waals surface area (Å²) in [6.45, 7) is 0.514. The van der Waals surface area contributed by atoms with E-state index in [2.05, 4.69) is 41.4 Å². The molecule has 1 heterocycles. The zero-order chi connectivity index (χ0) is 18.5. The Hall–Kier alpha value is -2.88. The molecule has 4 aromatic rings. The van der Waals surface area contributed by atoms with Gasteiger partial charge in [-0.15, -0.1) is 0 Å². The molecular weight excluding hydrogens is 356 g/mol. The van der Waals surface area contributed by atoms with Crippen LogP contribution in [0.2, 0.25) is 5.02 Å². The van der Waals surface area contributed by atoms with E-state index in [0.717, 1.165) is 27.4 Å². The molecule has 0 fully saturated rings. The summed E-state index contributed by atoms with van der Waals surface area (Å²) in [6, 6.07) is 26.4. The summed E-state index contributed by atoms with van der Waals surface area (Å²) in [5, 5.41) is 0.730. The number of aromatic nitrogens is 2. The summed E-state index contributed by atoms with van der Waals surface area (Å²) < 4.78 is 8.29. The second-order valence-corrected chi connectivity index (χ2v) is 6.73. The van der Waals surface area contributed by atoms with E-state index in [0.29, 0.717) is 6.61 Å². The molecule has 0 saturated heterocycles. The molecule has 3 nitrogen and oxygen atoms in total. The maximum atomic E-state index is 6.31. The van der Waals surface area contributed by atoms with Gasteiger partial charge < -0.3 is 9.30 Å². The lowest BCUT2D eigenvalue weighted by atomic mass is 10.0. The van der Waals surface area contributed by atoms with Crippen LogP contribution >= 0.6 is 11.6 Å². The Kier molecular flexibility index (Phi) is 5.33. The number of hydrogen-bond acceptors (Lipinski definition) is 2. The molecule has 0 aliphatic rings. The topological polar surface area (TPSA) is 27.1 Å². The van der Waals surface area contributed by atoms with Gasteiger partial charge in [-0.3, -0.25) is 0 Å². The van der Waals surface area contributed by atoms with Gasteiger partial charge in [0.05, 0.1) is 12.9 Å². The Morgan fingerprint density at radius 3 is 2.22 bits per heavy atom. The zero-order valence-electron chi connectivity index (χ0n) is 14.7. The molecule has 134 valence electrons. The molecule has 4 rings (SSSR count). The molecule has 27 heavy (non-hydrogen) atoms. The first-order chi connectivity index (χ1) is 13.3. The van der Waals surface area contributed by atoms with Crippen LogP contribution in [0.15, 0.2) is 97.6 Å². The van der Waals surface area contributed by atoms with Crippen molar-refractivity contribution in [2.24, 2.45) is 0 Å². The van der Waals surface area contributed by atoms with Crippen LogP contribution < -0.4 is 0 Å². The highest BCUT2D eigenvalue weighted by molar-refractivity contribution is 6.30. The zero-order valence-corrected chi connectivity index (χ0v) is 15.5. The number of rotatable bonds is 6. The highest BCUT2D eigenvalue weighted by Crippen LogP contribution is 2.28. The average Bonchev–Trinajstić information content (AvgIpc) is 3.26. The van der Waals surface area contributed by atoms with Crippen LogP contribution in [0, 0.1) is 0 Å². The summed E-state index contributed by atoms with van der Waals surface area (Å²) in [4.78, 5) is 4.10. The van der Waals surface area contributed by atoms with Crippen molar-refractivity contribution < 1.29 is 4.74 Å². The number of hydrogen-bond donors (Lipinski definition) is 0. The molecule has 0 amide bonds. The number of halogens is 1. The summed E-state index contributed by atoms with van der Waals surface area (Å²) in [5.74, 6) is 0. The minimum atomic E-state index is -0.140. The van der Waals surface area contributed by atoms with Gasteiger partial charge in [0.25, 0.3) is 0 Å². The number of nitrogens with zero attached hydrogens (tertiary/aromatic N) is 2. The molecule has 0 radical (unpaired) electrons. The Balaban J connectivity index is 1.59. The van der Waals surface area contributed by atoms with E-state index in [9.17, 15) is 0 Å². The van der Waals surface area contributed by atoms with E-state index in [1.165, 1.54) is 0 Å². The van der Waals surface area contributed by atoms with Gasteiger partial charge in [0, 0.05) is 23.1 Å². The fourth-order valence-corrected chi connectivity index (χ4v) is 3.13. The smallest absolute Gasteiger partial charge is 0.108 e. The maximum absolute atomic E-state index is 6.31. The second-order valence-electron chi connectivity index (χ2n) is 6.29. The van der Waals surface area contributed by atoms with Crippen LogP contribution in [0.3, 0.4) is 0 Å². The lowest BCUT2D eigenvalue weighted by Crippen LogP contribution is -2.07. The molecular formula is C23H19ClN2O. The van der Waals surface area contributed by atoms with Crippen molar-refractivity contribution in [3.8, 4) is 5.69 Å². The summed E-state index contributed by atoms with van der Waals surface area (Å²) in [5.41, 5.74) is 4.40. The van der Waals surface area contributed by atoms with Crippen LogP contribution in [-0.2, 0) is 11.3 Å². The number of imidazole rings is 1. The molecule has 1 atom stereocenters. The van der Waals surface area contributed by atoms with E-state index < -0.39 is 0 Å². The first kappa shape index (κ1) is 17.5. The van der Waals surface area contributed by atoms with E-state index in [1.807, 2.05) is 53.2 Å². The van der Waals surface area contributed by atoms with Gasteiger partial charge in [0.15, 0.2) is 0 Å². The molecule has 1 aromatic heterocycles. The van der Waals surface area contributed by atoms with Crippen LogP contribution in [0.25, 0.3) is 5.69 Å². The van der Waals surface area contributed by atoms with Crippen LogP contribution in [-0.4, -0.2) is 9.55 Å². The monoisotopic (exact) mass is 374 g/mol. The van der Waals surface area contributed by atoms with Crippen LogP contribution in [0.4, 0.5) is 0 Å². The van der Waals surface area contributed by atoms with Crippen molar-refractivity contribution in [3.05, 3.63) is 119 Å². The minimum Gasteiger partial charge on any atom is -0.364 e. The van der Waals surface area contributed by atoms with E-state index in [4.69, 9.17) is 16.3 Å². The SMILES string of the molecule is Clc1ccc(COC(c2ccccc2)c2ccc(-n3ccnc3)cc2)cc1. The molecule has 0 spiro atoms. The second kappa shape index (κ2) is 8.21. The lowest BCUT2D eigenvalue weighted by molar-refractivity contribution is 0.0667. The van der Waals surface area contributed by atoms with E-state index in [1.54, 1.807) is 12.5 Å². The highest BCUT2D eigenvalue weighted by atomic mass is 35.5. The largest absolute Gasteiger partial charge is 0.364 e. The third kappa shape index (κ3) is 4.27. The molecule has 4 heteroatoms. The first-order valence-electron chi connectivity index (χ1n) is 8.79. The van der Waals surface area contributed by atoms with Gasteiger partial charge in [0.2, 0.25) is 0 Å². The first-order valence-corrected chi connectivity index (χ1v) is 9.17. The van der Waals surface area contributed by atoms with Gasteiger partial charge in [-0.05, 0) is 41.0 Å². The predicted molar refractivity (Wildman–Crippen MR) is 108 cm³/mol. The highest BCUT2D eigenvalue weighted by Gasteiger charge is 2.15. The average molecular weight is 375 g/mol. The van der Waals surface area contributed by atoms with Crippen molar-refractivity contribution in [1.82, 2.24) is 9.55 Å². The van der Waals surface area contributed by atoms with Gasteiger partial charge >= 0.3 is 0 Å². The van der Waals surface area contributed by atoms with Crippen molar-refractivity contribution in [2.45, 2.75) is 12.7 Å². The van der Waals surface area contributed by atoms with Crippen LogP contribution in [0.5, 0.6) is 0 Å². The van der Waals surface area contributed by atoms with Crippen LogP contribution in [0.1, 0.15) is 22.8 Å². The Morgan fingerprint density at radius 1 is 0.852 bits per heavy atom. The maximum Gasteiger partial charge on any atom is 0.108 e. The predicted octanol–water partition coefficient (Wildman–Crippen LogP) is 5.83. The minimum absolute atomic E-state index is 0.140. The van der Waals surface area contributed by atoms with Crippen molar-refractivity contribution in [2.75, 3.05) is 0 Å². The Bertz CT molecular complexity index is 965. The van der Waals surface area contributed by atoms with Gasteiger partial charge in [-0.2, -0.15) is 0 Å². The van der Waals surface area contributed by atoms with Gasteiger partial charge in [-0.1, -0.05) is 66.2 Å². The molecule has 0 bridgehead atoms. The van der Waals surface area contributed by atoms with E-state index >= 15 is 0 Å². The van der Waals surface area contributed by atoms with Crippen molar-refractivity contribution in [1.29, 1.82) is 0 Å². The Labute approximate surface area is 163 Å². The normalized spacial score (nSPS) is 12.0. The molecule has 0 saturated carbocycles. The molecule has 3 aromatic carbocycles. The molecule has 0 N–H and O–H groups in total. The quantitative estimate of drug-likeness (QED) is 0.424. The standard InChI is InChI=1S/C23H19ClN2O/c24-21-10-6-18(7-11-21)16-27-23(19-4-2-1-3-5-19)20-8-12-22(13-9-20)26-15-14-25-17-26/h1-15,17,23H,16H2.